The SMILES string of the molecule is CC(C)c1ccc([C@@H]2Nc3c(F)cccc3[C@@H]3C=CC[C@@H]32)cc1. The monoisotopic (exact) mass is 307 g/mol. The summed E-state index contributed by atoms with van der Waals surface area (Å²) in [6, 6.07) is 14.4. The Hall–Kier alpha value is -2.09. The van der Waals surface area contributed by atoms with Gasteiger partial charge in [-0.1, -0.05) is 62.4 Å². The van der Waals surface area contributed by atoms with Crippen molar-refractivity contribution in [3.8, 4) is 0 Å². The summed E-state index contributed by atoms with van der Waals surface area (Å²) in [7, 11) is 0. The summed E-state index contributed by atoms with van der Waals surface area (Å²) in [5.74, 6) is 1.17. The molecule has 0 fully saturated rings. The van der Waals surface area contributed by atoms with Gasteiger partial charge >= 0.3 is 0 Å². The number of halogens is 1. The van der Waals surface area contributed by atoms with E-state index in [0.29, 0.717) is 23.4 Å². The Kier molecular flexibility index (Phi) is 3.48. The van der Waals surface area contributed by atoms with Crippen LogP contribution in [0.25, 0.3) is 0 Å². The van der Waals surface area contributed by atoms with Crippen molar-refractivity contribution in [3.63, 3.8) is 0 Å². The molecule has 23 heavy (non-hydrogen) atoms. The summed E-state index contributed by atoms with van der Waals surface area (Å²) < 4.78 is 14.3. The zero-order valence-electron chi connectivity index (χ0n) is 13.6. The van der Waals surface area contributed by atoms with Gasteiger partial charge in [-0.15, -0.1) is 0 Å². The summed E-state index contributed by atoms with van der Waals surface area (Å²) in [6.07, 6.45) is 5.54. The Morgan fingerprint density at radius 2 is 1.87 bits per heavy atom. The van der Waals surface area contributed by atoms with Crippen molar-refractivity contribution in [1.29, 1.82) is 0 Å². The van der Waals surface area contributed by atoms with E-state index in [1.165, 1.54) is 11.1 Å². The first kappa shape index (κ1) is 14.5. The molecule has 4 rings (SSSR count). The molecule has 1 nitrogen and oxygen atoms in total. The van der Waals surface area contributed by atoms with Gasteiger partial charge in [-0.2, -0.15) is 0 Å². The summed E-state index contributed by atoms with van der Waals surface area (Å²) in [4.78, 5) is 0. The maximum atomic E-state index is 14.3. The highest BCUT2D eigenvalue weighted by molar-refractivity contribution is 5.60. The molecule has 1 heterocycles. The quantitative estimate of drug-likeness (QED) is 0.694. The largest absolute Gasteiger partial charge is 0.375 e. The van der Waals surface area contributed by atoms with E-state index in [2.05, 4.69) is 61.6 Å². The predicted octanol–water partition coefficient (Wildman–Crippen LogP) is 5.78. The molecular formula is C21H22FN. The topological polar surface area (TPSA) is 12.0 Å². The van der Waals surface area contributed by atoms with E-state index >= 15 is 0 Å². The van der Waals surface area contributed by atoms with Crippen LogP contribution in [-0.4, -0.2) is 0 Å². The minimum Gasteiger partial charge on any atom is -0.375 e. The zero-order chi connectivity index (χ0) is 16.0. The third-order valence-corrected chi connectivity index (χ3v) is 5.31. The van der Waals surface area contributed by atoms with Crippen LogP contribution < -0.4 is 5.32 Å². The molecule has 0 amide bonds. The Balaban J connectivity index is 1.74. The van der Waals surface area contributed by atoms with E-state index in [1.54, 1.807) is 6.07 Å². The molecule has 0 aromatic heterocycles. The molecule has 0 bridgehead atoms. The number of benzene rings is 2. The van der Waals surface area contributed by atoms with E-state index in [-0.39, 0.29) is 11.9 Å². The molecule has 3 atom stereocenters. The van der Waals surface area contributed by atoms with Crippen molar-refractivity contribution in [2.45, 2.75) is 38.1 Å². The molecule has 118 valence electrons. The molecule has 0 saturated carbocycles. The second-order valence-corrected chi connectivity index (χ2v) is 7.00. The standard InChI is InChI=1S/C21H22FN/c1-13(2)14-9-11-15(12-10-14)20-17-6-3-5-16(17)18-7-4-8-19(22)21(18)23-20/h3-5,7-13,16-17,20,23H,6H2,1-2H3/t16-,17+,20+/m1/s1. The molecule has 2 aromatic rings. The normalized spacial score (nSPS) is 25.1. The van der Waals surface area contributed by atoms with Crippen molar-refractivity contribution in [3.05, 3.63) is 77.1 Å². The van der Waals surface area contributed by atoms with Crippen LogP contribution in [0.3, 0.4) is 0 Å². The van der Waals surface area contributed by atoms with Gasteiger partial charge in [0.1, 0.15) is 5.82 Å². The Morgan fingerprint density at radius 1 is 1.09 bits per heavy atom. The van der Waals surface area contributed by atoms with Gasteiger partial charge in [0.25, 0.3) is 0 Å². The van der Waals surface area contributed by atoms with Crippen LogP contribution in [0.4, 0.5) is 10.1 Å². The second-order valence-electron chi connectivity index (χ2n) is 7.00. The molecule has 0 spiro atoms. The fourth-order valence-electron chi connectivity index (χ4n) is 4.00. The highest BCUT2D eigenvalue weighted by Gasteiger charge is 2.38. The van der Waals surface area contributed by atoms with E-state index in [9.17, 15) is 4.39 Å². The van der Waals surface area contributed by atoms with Gasteiger partial charge < -0.3 is 5.32 Å². The van der Waals surface area contributed by atoms with Crippen LogP contribution in [0, 0.1) is 11.7 Å². The summed E-state index contributed by atoms with van der Waals surface area (Å²) in [5, 5.41) is 3.49. The van der Waals surface area contributed by atoms with Crippen molar-refractivity contribution in [1.82, 2.24) is 0 Å². The molecule has 0 unspecified atom stereocenters. The molecule has 2 heteroatoms. The highest BCUT2D eigenvalue weighted by Crippen LogP contribution is 2.50. The van der Waals surface area contributed by atoms with Gasteiger partial charge in [0, 0.05) is 5.92 Å². The number of hydrogen-bond acceptors (Lipinski definition) is 1. The number of anilines is 1. The van der Waals surface area contributed by atoms with Gasteiger partial charge in [0.15, 0.2) is 0 Å². The number of allylic oxidation sites excluding steroid dienone is 2. The summed E-state index contributed by atoms with van der Waals surface area (Å²) >= 11 is 0. The van der Waals surface area contributed by atoms with Crippen molar-refractivity contribution >= 4 is 5.69 Å². The number of fused-ring (bicyclic) bond motifs is 3. The number of para-hydroxylation sites is 1. The van der Waals surface area contributed by atoms with Gasteiger partial charge in [-0.3, -0.25) is 0 Å². The molecule has 1 aliphatic carbocycles. The van der Waals surface area contributed by atoms with Crippen molar-refractivity contribution in [2.24, 2.45) is 5.92 Å². The minimum absolute atomic E-state index is 0.148. The number of hydrogen-bond donors (Lipinski definition) is 1. The summed E-state index contributed by atoms with van der Waals surface area (Å²) in [5.41, 5.74) is 4.37. The lowest BCUT2D eigenvalue weighted by molar-refractivity contribution is 0.420. The first-order valence-electron chi connectivity index (χ1n) is 8.46. The molecule has 0 radical (unpaired) electrons. The summed E-state index contributed by atoms with van der Waals surface area (Å²) in [6.45, 7) is 4.41. The number of nitrogens with one attached hydrogen (secondary N) is 1. The Morgan fingerprint density at radius 3 is 2.61 bits per heavy atom. The first-order valence-corrected chi connectivity index (χ1v) is 8.46. The van der Waals surface area contributed by atoms with Crippen LogP contribution in [0.1, 0.15) is 54.8 Å². The first-order chi connectivity index (χ1) is 11.1. The van der Waals surface area contributed by atoms with Crippen LogP contribution in [0.2, 0.25) is 0 Å². The van der Waals surface area contributed by atoms with Crippen LogP contribution >= 0.6 is 0 Å². The van der Waals surface area contributed by atoms with Gasteiger partial charge in [-0.25, -0.2) is 4.39 Å². The molecule has 2 aliphatic rings. The second kappa shape index (κ2) is 5.52. The fourth-order valence-corrected chi connectivity index (χ4v) is 4.00. The molecule has 1 aliphatic heterocycles. The third-order valence-electron chi connectivity index (χ3n) is 5.31. The maximum Gasteiger partial charge on any atom is 0.146 e. The zero-order valence-corrected chi connectivity index (χ0v) is 13.6. The van der Waals surface area contributed by atoms with Crippen LogP contribution in [0.15, 0.2) is 54.6 Å². The average Bonchev–Trinajstić information content (AvgIpc) is 3.04. The average molecular weight is 307 g/mol. The van der Waals surface area contributed by atoms with Crippen LogP contribution in [-0.2, 0) is 0 Å². The van der Waals surface area contributed by atoms with Gasteiger partial charge in [0.2, 0.25) is 0 Å². The van der Waals surface area contributed by atoms with Gasteiger partial charge in [0.05, 0.1) is 11.7 Å². The minimum atomic E-state index is -0.148. The molecular weight excluding hydrogens is 285 g/mol. The number of rotatable bonds is 2. The van der Waals surface area contributed by atoms with E-state index in [0.717, 1.165) is 12.0 Å². The molecule has 0 saturated heterocycles. The Bertz CT molecular complexity index is 745. The lowest BCUT2D eigenvalue weighted by atomic mass is 9.77. The van der Waals surface area contributed by atoms with Gasteiger partial charge in [-0.05, 0) is 41.0 Å². The predicted molar refractivity (Wildman–Crippen MR) is 93.3 cm³/mol. The lowest BCUT2D eigenvalue weighted by Crippen LogP contribution is -2.29. The lowest BCUT2D eigenvalue weighted by Gasteiger charge is -2.37. The van der Waals surface area contributed by atoms with E-state index < -0.39 is 0 Å². The smallest absolute Gasteiger partial charge is 0.146 e. The van der Waals surface area contributed by atoms with Crippen molar-refractivity contribution in [2.75, 3.05) is 5.32 Å². The fraction of sp³-hybridized carbons (Fsp3) is 0.333. The van der Waals surface area contributed by atoms with E-state index in [4.69, 9.17) is 0 Å². The molecule has 2 aromatic carbocycles. The highest BCUT2D eigenvalue weighted by atomic mass is 19.1. The molecule has 1 N–H and O–H groups in total. The van der Waals surface area contributed by atoms with E-state index in [1.807, 2.05) is 6.07 Å². The van der Waals surface area contributed by atoms with Crippen molar-refractivity contribution < 1.29 is 4.39 Å². The van der Waals surface area contributed by atoms with Crippen LogP contribution in [0.5, 0.6) is 0 Å². The Labute approximate surface area is 137 Å². The maximum absolute atomic E-state index is 14.3. The third kappa shape index (κ3) is 2.37.